The maximum absolute atomic E-state index is 14.1. The normalized spacial score (nSPS) is 12.5. The predicted octanol–water partition coefficient (Wildman–Crippen LogP) is 4.45. The lowest BCUT2D eigenvalue weighted by molar-refractivity contribution is -0.385. The van der Waals surface area contributed by atoms with Gasteiger partial charge in [-0.05, 0) is 75.2 Å². The molecule has 0 spiro atoms. The Labute approximate surface area is 257 Å². The maximum Gasteiger partial charge on any atom is 0.273 e. The lowest BCUT2D eigenvalue weighted by Crippen LogP contribution is -2.52. The van der Waals surface area contributed by atoms with Gasteiger partial charge in [0.15, 0.2) is 0 Å². The average molecular weight is 627 g/mol. The van der Waals surface area contributed by atoms with Gasteiger partial charge in [-0.3, -0.25) is 24.0 Å². The highest BCUT2D eigenvalue weighted by Crippen LogP contribution is 2.29. The van der Waals surface area contributed by atoms with Gasteiger partial charge in [-0.1, -0.05) is 25.1 Å². The van der Waals surface area contributed by atoms with Crippen molar-refractivity contribution in [3.05, 3.63) is 88.0 Å². The van der Waals surface area contributed by atoms with Crippen molar-refractivity contribution < 1.29 is 32.4 Å². The average Bonchev–Trinajstić information content (AvgIpc) is 3.02. The maximum atomic E-state index is 14.1. The van der Waals surface area contributed by atoms with Crippen LogP contribution in [0.1, 0.15) is 38.3 Å². The third-order valence-electron chi connectivity index (χ3n) is 7.28. The largest absolute Gasteiger partial charge is 0.497 e. The molecule has 236 valence electrons. The molecule has 0 fully saturated rings. The number of methoxy groups -OCH3 is 2. The molecule has 44 heavy (non-hydrogen) atoms. The Morgan fingerprint density at radius 1 is 0.955 bits per heavy atom. The number of benzene rings is 3. The Bertz CT molecular complexity index is 1580. The number of sulfonamides is 1. The zero-order valence-corrected chi connectivity index (χ0v) is 26.5. The van der Waals surface area contributed by atoms with Crippen LogP contribution in [0, 0.1) is 17.0 Å². The minimum absolute atomic E-state index is 0.00439. The first-order valence-corrected chi connectivity index (χ1v) is 15.4. The minimum Gasteiger partial charge on any atom is -0.497 e. The molecule has 0 unspecified atom stereocenters. The number of ether oxygens (including phenoxy) is 2. The molecule has 0 radical (unpaired) electrons. The molecule has 0 saturated heterocycles. The van der Waals surface area contributed by atoms with Gasteiger partial charge in [0.1, 0.15) is 24.1 Å². The van der Waals surface area contributed by atoms with E-state index in [2.05, 4.69) is 5.32 Å². The monoisotopic (exact) mass is 626 g/mol. The van der Waals surface area contributed by atoms with Crippen molar-refractivity contribution in [2.45, 2.75) is 57.6 Å². The van der Waals surface area contributed by atoms with E-state index in [0.717, 1.165) is 10.4 Å². The number of nitrogens with one attached hydrogen (secondary N) is 1. The summed E-state index contributed by atoms with van der Waals surface area (Å²) in [5, 5.41) is 14.5. The van der Waals surface area contributed by atoms with Crippen LogP contribution >= 0.6 is 0 Å². The number of aryl methyl sites for hydroxylation is 1. The van der Waals surface area contributed by atoms with E-state index in [1.807, 2.05) is 13.8 Å². The van der Waals surface area contributed by atoms with Gasteiger partial charge in [0, 0.05) is 24.2 Å². The summed E-state index contributed by atoms with van der Waals surface area (Å²) in [5.41, 5.74) is 0.732. The number of nitrogens with zero attached hydrogens (tertiary/aromatic N) is 3. The van der Waals surface area contributed by atoms with Crippen LogP contribution in [0.15, 0.2) is 71.6 Å². The van der Waals surface area contributed by atoms with E-state index in [1.54, 1.807) is 31.2 Å². The Kier molecular flexibility index (Phi) is 11.3. The molecule has 2 atom stereocenters. The number of anilines is 1. The summed E-state index contributed by atoms with van der Waals surface area (Å²) in [4.78, 5) is 39.2. The van der Waals surface area contributed by atoms with Gasteiger partial charge in [-0.25, -0.2) is 8.42 Å². The fraction of sp³-hybridized carbons (Fsp3) is 0.355. The molecule has 0 aliphatic heterocycles. The highest BCUT2D eigenvalue weighted by Gasteiger charge is 2.33. The standard InChI is InChI=1S/C31H38N4O8S/c1-7-22(3)32-31(37)23(4)33(19-24-9-13-26(42-5)14-10-24)30(36)20-34(25-11-15-27(43-6)16-12-25)44(40,41)28-17-8-21(2)29(18-28)35(38)39/h8-18,22-23H,7,19-20H2,1-6H3,(H,32,37)/t22-,23+/m1/s1. The summed E-state index contributed by atoms with van der Waals surface area (Å²) in [6.45, 7) is 6.16. The molecule has 12 nitrogen and oxygen atoms in total. The quantitative estimate of drug-likeness (QED) is 0.204. The van der Waals surface area contributed by atoms with Crippen LogP contribution in [-0.2, 0) is 26.2 Å². The van der Waals surface area contributed by atoms with Crippen molar-refractivity contribution in [1.29, 1.82) is 0 Å². The highest BCUT2D eigenvalue weighted by atomic mass is 32.2. The molecule has 0 aliphatic carbocycles. The molecular formula is C31H38N4O8S. The molecule has 3 rings (SSSR count). The molecule has 0 aromatic heterocycles. The SMILES string of the molecule is CC[C@@H](C)NC(=O)[C@H](C)N(Cc1ccc(OC)cc1)C(=O)CN(c1ccc(OC)cc1)S(=O)(=O)c1ccc(C)c([N+](=O)[O-])c1. The molecule has 2 amide bonds. The second-order valence-electron chi connectivity index (χ2n) is 10.3. The highest BCUT2D eigenvalue weighted by molar-refractivity contribution is 7.92. The van der Waals surface area contributed by atoms with Crippen LogP contribution in [0.3, 0.4) is 0 Å². The number of rotatable bonds is 14. The number of nitro groups is 1. The Balaban J connectivity index is 2.08. The fourth-order valence-electron chi connectivity index (χ4n) is 4.33. The summed E-state index contributed by atoms with van der Waals surface area (Å²) in [5.74, 6) is 0.0147. The van der Waals surface area contributed by atoms with Crippen LogP contribution in [0.4, 0.5) is 11.4 Å². The molecule has 3 aromatic carbocycles. The van der Waals surface area contributed by atoms with Crippen LogP contribution in [-0.4, -0.2) is 62.9 Å². The molecule has 0 aliphatic rings. The van der Waals surface area contributed by atoms with Gasteiger partial charge >= 0.3 is 0 Å². The van der Waals surface area contributed by atoms with Crippen molar-refractivity contribution in [3.63, 3.8) is 0 Å². The zero-order valence-electron chi connectivity index (χ0n) is 25.6. The van der Waals surface area contributed by atoms with Crippen LogP contribution in [0.25, 0.3) is 0 Å². The summed E-state index contributed by atoms with van der Waals surface area (Å²) in [6, 6.07) is 15.4. The number of carbonyl (C=O) groups excluding carboxylic acids is 2. The molecule has 3 aromatic rings. The van der Waals surface area contributed by atoms with Crippen molar-refractivity contribution in [2.75, 3.05) is 25.1 Å². The second kappa shape index (κ2) is 14.7. The lowest BCUT2D eigenvalue weighted by Gasteiger charge is -2.32. The smallest absolute Gasteiger partial charge is 0.273 e. The first-order valence-electron chi connectivity index (χ1n) is 14.0. The Morgan fingerprint density at radius 2 is 1.52 bits per heavy atom. The van der Waals surface area contributed by atoms with Crippen molar-refractivity contribution in [1.82, 2.24) is 10.2 Å². The zero-order chi connectivity index (χ0) is 32.6. The molecule has 0 heterocycles. The first-order chi connectivity index (χ1) is 20.8. The number of carbonyl (C=O) groups is 2. The number of nitro benzene ring substituents is 1. The fourth-order valence-corrected chi connectivity index (χ4v) is 5.76. The summed E-state index contributed by atoms with van der Waals surface area (Å²) >= 11 is 0. The number of hydrogen-bond donors (Lipinski definition) is 1. The van der Waals surface area contributed by atoms with Gasteiger partial charge in [0.05, 0.1) is 29.7 Å². The molecule has 1 N–H and O–H groups in total. The van der Waals surface area contributed by atoms with E-state index in [0.29, 0.717) is 23.5 Å². The Hall–Kier alpha value is -4.65. The van der Waals surface area contributed by atoms with E-state index in [9.17, 15) is 28.1 Å². The third-order valence-corrected chi connectivity index (χ3v) is 9.05. The molecular weight excluding hydrogens is 588 g/mol. The Morgan fingerprint density at radius 3 is 2.05 bits per heavy atom. The van der Waals surface area contributed by atoms with Crippen molar-refractivity contribution in [2.24, 2.45) is 0 Å². The summed E-state index contributed by atoms with van der Waals surface area (Å²) in [6.07, 6.45) is 0.678. The van der Waals surface area contributed by atoms with Gasteiger partial charge in [-0.15, -0.1) is 0 Å². The molecule has 13 heteroatoms. The van der Waals surface area contributed by atoms with E-state index < -0.39 is 39.3 Å². The van der Waals surface area contributed by atoms with E-state index >= 15 is 0 Å². The predicted molar refractivity (Wildman–Crippen MR) is 166 cm³/mol. The summed E-state index contributed by atoms with van der Waals surface area (Å²) in [7, 11) is -1.51. The van der Waals surface area contributed by atoms with Crippen molar-refractivity contribution >= 4 is 33.2 Å². The van der Waals surface area contributed by atoms with Gasteiger partial charge in [-0.2, -0.15) is 0 Å². The van der Waals surface area contributed by atoms with Crippen molar-refractivity contribution in [3.8, 4) is 11.5 Å². The van der Waals surface area contributed by atoms with E-state index in [-0.39, 0.29) is 34.4 Å². The molecule has 0 bridgehead atoms. The van der Waals surface area contributed by atoms with E-state index in [4.69, 9.17) is 9.47 Å². The first kappa shape index (κ1) is 33.8. The lowest BCUT2D eigenvalue weighted by atomic mass is 10.1. The van der Waals surface area contributed by atoms with Gasteiger partial charge in [0.25, 0.3) is 15.7 Å². The van der Waals surface area contributed by atoms with E-state index in [1.165, 1.54) is 62.4 Å². The second-order valence-corrected chi connectivity index (χ2v) is 12.1. The summed E-state index contributed by atoms with van der Waals surface area (Å²) < 4.78 is 39.4. The van der Waals surface area contributed by atoms with Crippen LogP contribution in [0.2, 0.25) is 0 Å². The van der Waals surface area contributed by atoms with Crippen LogP contribution in [0.5, 0.6) is 11.5 Å². The van der Waals surface area contributed by atoms with Gasteiger partial charge in [0.2, 0.25) is 11.8 Å². The minimum atomic E-state index is -4.50. The number of amides is 2. The third kappa shape index (κ3) is 8.04. The van der Waals surface area contributed by atoms with Crippen LogP contribution < -0.4 is 19.1 Å². The topological polar surface area (TPSA) is 148 Å². The molecule has 0 saturated carbocycles. The van der Waals surface area contributed by atoms with Gasteiger partial charge < -0.3 is 19.7 Å². The number of hydrogen-bond acceptors (Lipinski definition) is 8.